The van der Waals surface area contributed by atoms with E-state index in [-0.39, 0.29) is 5.91 Å². The van der Waals surface area contributed by atoms with Gasteiger partial charge in [0, 0.05) is 25.3 Å². The normalized spacial score (nSPS) is 16.9. The number of phenolic OH excluding ortho intramolecular Hbond substituents is 1. The molecule has 1 atom stereocenters. The highest BCUT2D eigenvalue weighted by Gasteiger charge is 2.28. The maximum Gasteiger partial charge on any atom is 0.255 e. The zero-order chi connectivity index (χ0) is 18.5. The first-order chi connectivity index (χ1) is 12.5. The van der Waals surface area contributed by atoms with Gasteiger partial charge in [0.15, 0.2) is 0 Å². The minimum atomic E-state index is 0.116. The highest BCUT2D eigenvalue weighted by Crippen LogP contribution is 2.25. The largest absolute Gasteiger partial charge is 0.508 e. The molecule has 1 aliphatic rings. The molecule has 1 amide bonds. The van der Waals surface area contributed by atoms with Crippen LogP contribution >= 0.6 is 0 Å². The summed E-state index contributed by atoms with van der Waals surface area (Å²) >= 11 is 0. The van der Waals surface area contributed by atoms with E-state index in [0.717, 1.165) is 43.7 Å². The lowest BCUT2D eigenvalue weighted by Gasteiger charge is -2.20. The Morgan fingerprint density at radius 2 is 1.92 bits per heavy atom. The molecule has 0 radical (unpaired) electrons. The van der Waals surface area contributed by atoms with E-state index in [9.17, 15) is 9.90 Å². The molecule has 1 aliphatic heterocycles. The van der Waals surface area contributed by atoms with Crippen LogP contribution in [0.3, 0.4) is 0 Å². The van der Waals surface area contributed by atoms with Crippen LogP contribution in [0.4, 0.5) is 5.69 Å². The lowest BCUT2D eigenvalue weighted by molar-refractivity contribution is 0.0788. The van der Waals surface area contributed by atoms with Crippen LogP contribution in [0, 0.1) is 11.8 Å². The Labute approximate surface area is 155 Å². The fraction of sp³-hybridized carbons (Fsp3) is 0.409. The summed E-state index contributed by atoms with van der Waals surface area (Å²) < 4.78 is 0. The van der Waals surface area contributed by atoms with Crippen molar-refractivity contribution in [1.82, 2.24) is 4.90 Å². The molecule has 1 fully saturated rings. The second-order valence-electron chi connectivity index (χ2n) is 7.60. The van der Waals surface area contributed by atoms with E-state index in [0.29, 0.717) is 17.6 Å². The van der Waals surface area contributed by atoms with Crippen molar-refractivity contribution in [1.29, 1.82) is 0 Å². The summed E-state index contributed by atoms with van der Waals surface area (Å²) in [6, 6.07) is 15.2. The number of hydrogen-bond acceptors (Lipinski definition) is 3. The fourth-order valence-corrected chi connectivity index (χ4v) is 3.46. The molecule has 1 saturated heterocycles. The van der Waals surface area contributed by atoms with Crippen molar-refractivity contribution in [3.05, 3.63) is 59.7 Å². The van der Waals surface area contributed by atoms with Crippen LogP contribution < -0.4 is 5.32 Å². The van der Waals surface area contributed by atoms with Crippen LogP contribution in [0.5, 0.6) is 5.75 Å². The van der Waals surface area contributed by atoms with Crippen LogP contribution in [-0.2, 0) is 6.42 Å². The highest BCUT2D eigenvalue weighted by molar-refractivity contribution is 5.99. The van der Waals surface area contributed by atoms with Gasteiger partial charge in [0.1, 0.15) is 5.75 Å². The van der Waals surface area contributed by atoms with Gasteiger partial charge in [-0.05, 0) is 54.5 Å². The summed E-state index contributed by atoms with van der Waals surface area (Å²) in [6.07, 6.45) is 1.96. The minimum absolute atomic E-state index is 0.116. The zero-order valence-electron chi connectivity index (χ0n) is 15.6. The summed E-state index contributed by atoms with van der Waals surface area (Å²) in [5.41, 5.74) is 2.90. The summed E-state index contributed by atoms with van der Waals surface area (Å²) in [5, 5.41) is 12.8. The van der Waals surface area contributed by atoms with Crippen LogP contribution in [0.25, 0.3) is 0 Å². The summed E-state index contributed by atoms with van der Waals surface area (Å²) in [7, 11) is 0. The van der Waals surface area contributed by atoms with Gasteiger partial charge in [-0.25, -0.2) is 0 Å². The molecule has 2 aromatic rings. The molecule has 0 bridgehead atoms. The highest BCUT2D eigenvalue weighted by atomic mass is 16.3. The molecule has 0 aliphatic carbocycles. The van der Waals surface area contributed by atoms with Crippen LogP contribution in [0.1, 0.15) is 36.2 Å². The predicted octanol–water partition coefficient (Wildman–Crippen LogP) is 4.16. The van der Waals surface area contributed by atoms with Gasteiger partial charge >= 0.3 is 0 Å². The zero-order valence-corrected chi connectivity index (χ0v) is 15.6. The number of likely N-dealkylation sites (tertiary alicyclic amines) is 1. The Bertz CT molecular complexity index is 740. The number of para-hydroxylation sites is 1. The maximum absolute atomic E-state index is 13.0. The molecule has 0 saturated carbocycles. The monoisotopic (exact) mass is 352 g/mol. The third-order valence-corrected chi connectivity index (χ3v) is 4.89. The molecule has 2 N–H and O–H groups in total. The summed E-state index contributed by atoms with van der Waals surface area (Å²) in [4.78, 5) is 15.0. The smallest absolute Gasteiger partial charge is 0.255 e. The average Bonchev–Trinajstić information content (AvgIpc) is 3.10. The van der Waals surface area contributed by atoms with Gasteiger partial charge in [0.25, 0.3) is 5.91 Å². The average molecular weight is 352 g/mol. The van der Waals surface area contributed by atoms with Gasteiger partial charge in [-0.2, -0.15) is 0 Å². The number of hydrogen-bond donors (Lipinski definition) is 2. The lowest BCUT2D eigenvalue weighted by atomic mass is 9.99. The van der Waals surface area contributed by atoms with Gasteiger partial charge in [-0.1, -0.05) is 38.1 Å². The number of carbonyl (C=O) groups is 1. The van der Waals surface area contributed by atoms with Crippen molar-refractivity contribution in [3.8, 4) is 5.75 Å². The number of aromatic hydroxyl groups is 1. The molecular weight excluding hydrogens is 324 g/mol. The quantitative estimate of drug-likeness (QED) is 0.820. The summed E-state index contributed by atoms with van der Waals surface area (Å²) in [5.74, 6) is 1.41. The number of nitrogens with zero attached hydrogens (tertiary/aromatic N) is 1. The molecule has 1 heterocycles. The van der Waals surface area contributed by atoms with Gasteiger partial charge in [-0.3, -0.25) is 4.79 Å². The predicted molar refractivity (Wildman–Crippen MR) is 106 cm³/mol. The number of rotatable bonds is 6. The Kier molecular flexibility index (Phi) is 5.82. The molecule has 138 valence electrons. The molecule has 1 unspecified atom stereocenters. The van der Waals surface area contributed by atoms with Crippen molar-refractivity contribution in [2.75, 3.05) is 25.0 Å². The van der Waals surface area contributed by atoms with Crippen molar-refractivity contribution in [2.45, 2.75) is 26.7 Å². The topological polar surface area (TPSA) is 52.6 Å². The lowest BCUT2D eigenvalue weighted by Crippen LogP contribution is -2.29. The van der Waals surface area contributed by atoms with Crippen LogP contribution in [-0.4, -0.2) is 35.5 Å². The number of phenols is 1. The SMILES string of the molecule is CC(C)CNc1ccccc1C(=O)N1CCC(Cc2ccc(O)cc2)C1. The van der Waals surface area contributed by atoms with E-state index >= 15 is 0 Å². The van der Waals surface area contributed by atoms with Gasteiger partial charge in [-0.15, -0.1) is 0 Å². The first kappa shape index (κ1) is 18.3. The number of amides is 1. The van der Waals surface area contributed by atoms with Crippen LogP contribution in [0.2, 0.25) is 0 Å². The Hall–Kier alpha value is -2.49. The molecular formula is C22H28N2O2. The number of benzene rings is 2. The van der Waals surface area contributed by atoms with E-state index in [1.54, 1.807) is 12.1 Å². The third kappa shape index (κ3) is 4.57. The molecule has 0 aromatic heterocycles. The van der Waals surface area contributed by atoms with E-state index < -0.39 is 0 Å². The molecule has 26 heavy (non-hydrogen) atoms. The van der Waals surface area contributed by atoms with Crippen molar-refractivity contribution in [2.24, 2.45) is 11.8 Å². The van der Waals surface area contributed by atoms with E-state index in [2.05, 4.69) is 19.2 Å². The van der Waals surface area contributed by atoms with E-state index in [1.807, 2.05) is 41.3 Å². The molecule has 4 heteroatoms. The molecule has 3 rings (SSSR count). The van der Waals surface area contributed by atoms with E-state index in [4.69, 9.17) is 0 Å². The van der Waals surface area contributed by atoms with Gasteiger partial charge in [0.2, 0.25) is 0 Å². The van der Waals surface area contributed by atoms with Crippen molar-refractivity contribution in [3.63, 3.8) is 0 Å². The second kappa shape index (κ2) is 8.26. The molecule has 4 nitrogen and oxygen atoms in total. The number of nitrogens with one attached hydrogen (secondary N) is 1. The Morgan fingerprint density at radius 1 is 1.19 bits per heavy atom. The van der Waals surface area contributed by atoms with Crippen molar-refractivity contribution < 1.29 is 9.90 Å². The molecule has 2 aromatic carbocycles. The summed E-state index contributed by atoms with van der Waals surface area (Å²) in [6.45, 7) is 6.77. The van der Waals surface area contributed by atoms with E-state index in [1.165, 1.54) is 5.56 Å². The third-order valence-electron chi connectivity index (χ3n) is 4.89. The first-order valence-corrected chi connectivity index (χ1v) is 9.43. The van der Waals surface area contributed by atoms with Gasteiger partial charge in [0.05, 0.1) is 5.56 Å². The Morgan fingerprint density at radius 3 is 2.65 bits per heavy atom. The van der Waals surface area contributed by atoms with Crippen LogP contribution in [0.15, 0.2) is 48.5 Å². The van der Waals surface area contributed by atoms with Crippen molar-refractivity contribution >= 4 is 11.6 Å². The fourth-order valence-electron chi connectivity index (χ4n) is 3.46. The van der Waals surface area contributed by atoms with Gasteiger partial charge < -0.3 is 15.3 Å². The standard InChI is InChI=1S/C22H28N2O2/c1-16(2)14-23-21-6-4-3-5-20(21)22(26)24-12-11-18(15-24)13-17-7-9-19(25)10-8-17/h3-10,16,18,23,25H,11-15H2,1-2H3. The minimum Gasteiger partial charge on any atom is -0.508 e. The number of anilines is 1. The molecule has 0 spiro atoms. The second-order valence-corrected chi connectivity index (χ2v) is 7.60. The maximum atomic E-state index is 13.0. The Balaban J connectivity index is 1.63. The first-order valence-electron chi connectivity index (χ1n) is 9.43. The number of carbonyl (C=O) groups excluding carboxylic acids is 1.